The second-order valence-corrected chi connectivity index (χ2v) is 31.1. The minimum Gasteiger partial charge on any atom is -0.510 e. The molecule has 0 aliphatic heterocycles. The monoisotopic (exact) mass is 1350 g/mol. The summed E-state index contributed by atoms with van der Waals surface area (Å²) in [6.45, 7) is 46.1. The molecule has 0 bridgehead atoms. The van der Waals surface area contributed by atoms with Crippen molar-refractivity contribution in [1.82, 2.24) is 19.3 Å². The van der Waals surface area contributed by atoms with Gasteiger partial charge in [0.15, 0.2) is 0 Å². The molecule has 11 aromatic rings. The maximum absolute atomic E-state index is 6.89. The molecule has 0 N–H and O–H groups in total. The first kappa shape index (κ1) is 64.3. The van der Waals surface area contributed by atoms with Crippen LogP contribution in [0.4, 0.5) is 0 Å². The third-order valence-electron chi connectivity index (χ3n) is 17.7. The molecule has 3 aromatic heterocycles. The third-order valence-corrected chi connectivity index (χ3v) is 17.7. The Bertz CT molecular complexity index is 4250. The quantitative estimate of drug-likeness (QED) is 0.101. The smallest absolute Gasteiger partial charge is 0.233 e. The molecule has 8 aromatic carbocycles. The largest absolute Gasteiger partial charge is 0.510 e. The summed E-state index contributed by atoms with van der Waals surface area (Å²) < 4.78 is 13.2. The van der Waals surface area contributed by atoms with E-state index in [4.69, 9.17) is 14.8 Å². The van der Waals surface area contributed by atoms with Gasteiger partial charge in [0.1, 0.15) is 5.82 Å². The van der Waals surface area contributed by atoms with Gasteiger partial charge < -0.3 is 13.9 Å². The van der Waals surface area contributed by atoms with Gasteiger partial charge in [-0.2, -0.15) is 22.9 Å². The van der Waals surface area contributed by atoms with E-state index in [1.807, 2.05) is 35.1 Å². The van der Waals surface area contributed by atoms with Gasteiger partial charge in [0.2, 0.25) is 12.2 Å². The van der Waals surface area contributed by atoms with E-state index in [2.05, 4.69) is 312 Å². The summed E-state index contributed by atoms with van der Waals surface area (Å²) in [5.74, 6) is 2.64. The molecule has 0 saturated heterocycles. The van der Waals surface area contributed by atoms with Gasteiger partial charge in [-0.05, 0) is 134 Å². The van der Waals surface area contributed by atoms with E-state index in [9.17, 15) is 0 Å². The van der Waals surface area contributed by atoms with E-state index in [1.54, 1.807) is 0 Å². The Kier molecular flexibility index (Phi) is 16.8. The maximum atomic E-state index is 6.89. The molecule has 0 spiro atoms. The number of ether oxygens (including phenoxy) is 1. The zero-order valence-electron chi connectivity index (χ0n) is 56.2. The fraction of sp³-hybridized carbons (Fsp3) is 0.329. The van der Waals surface area contributed by atoms with Gasteiger partial charge in [-0.3, -0.25) is 0 Å². The minimum atomic E-state index is -0.261. The van der Waals surface area contributed by atoms with Crippen LogP contribution < -0.4 is 9.30 Å². The molecule has 0 aliphatic carbocycles. The number of nitrogens with zero attached hydrogens (tertiary/aromatic N) is 5. The number of benzene rings is 8. The molecule has 0 unspecified atom stereocenters. The van der Waals surface area contributed by atoms with Crippen molar-refractivity contribution in [2.24, 2.45) is 0 Å². The van der Waals surface area contributed by atoms with Gasteiger partial charge in [0, 0.05) is 60.9 Å². The number of fused-ring (bicyclic) bond motifs is 3. The van der Waals surface area contributed by atoms with Crippen LogP contribution >= 0.6 is 0 Å². The van der Waals surface area contributed by atoms with Gasteiger partial charge in [-0.25, -0.2) is 4.98 Å². The van der Waals surface area contributed by atoms with Crippen LogP contribution in [0.15, 0.2) is 176 Å². The minimum absolute atomic E-state index is 0. The predicted octanol–water partition coefficient (Wildman–Crippen LogP) is 20.9. The van der Waals surface area contributed by atoms with E-state index in [1.165, 1.54) is 44.5 Å². The third kappa shape index (κ3) is 13.1. The van der Waals surface area contributed by atoms with Crippen LogP contribution in [0.3, 0.4) is 0 Å². The van der Waals surface area contributed by atoms with Crippen LogP contribution in [0.2, 0.25) is 0 Å². The van der Waals surface area contributed by atoms with Crippen molar-refractivity contribution >= 4 is 21.8 Å². The fourth-order valence-electron chi connectivity index (χ4n) is 11.8. The Hall–Kier alpha value is -7.66. The van der Waals surface area contributed by atoms with Gasteiger partial charge in [0.25, 0.3) is 0 Å². The van der Waals surface area contributed by atoms with Crippen LogP contribution in [-0.4, -0.2) is 19.3 Å². The number of aromatic nitrogens is 5. The first-order valence-electron chi connectivity index (χ1n) is 31.4. The molecule has 3 heterocycles. The number of hydrogen-bond donors (Lipinski definition) is 0. The second-order valence-electron chi connectivity index (χ2n) is 31.1. The number of pyridine rings is 1. The van der Waals surface area contributed by atoms with Crippen LogP contribution in [-0.2, 0) is 59.0 Å². The Morgan fingerprint density at radius 1 is 0.416 bits per heavy atom. The predicted molar refractivity (Wildman–Crippen MR) is 367 cm³/mol. The van der Waals surface area contributed by atoms with Gasteiger partial charge in [-0.15, -0.1) is 29.7 Å². The van der Waals surface area contributed by atoms with E-state index < -0.39 is 0 Å². The molecule has 0 amide bonds. The van der Waals surface area contributed by atoms with E-state index in [-0.39, 0.29) is 59.0 Å². The van der Waals surface area contributed by atoms with Crippen LogP contribution in [0.1, 0.15) is 183 Å². The molecule has 460 valence electrons. The van der Waals surface area contributed by atoms with Crippen LogP contribution in [0, 0.1) is 18.5 Å². The molecule has 0 radical (unpaired) electrons. The zero-order chi connectivity index (χ0) is 63.3. The molecule has 0 aliphatic rings. The molecule has 7 heteroatoms. The zero-order valence-corrected chi connectivity index (χ0v) is 58.5. The first-order valence-corrected chi connectivity index (χ1v) is 31.4. The molecule has 0 fully saturated rings. The summed E-state index contributed by atoms with van der Waals surface area (Å²) in [6.07, 6.45) is 5.79. The average molecular weight is 1360 g/mol. The van der Waals surface area contributed by atoms with E-state index >= 15 is 0 Å². The number of rotatable bonds is 10. The van der Waals surface area contributed by atoms with Gasteiger partial charge in [0.05, 0.1) is 0 Å². The molecule has 0 saturated carbocycles. The summed E-state index contributed by atoms with van der Waals surface area (Å²) in [4.78, 5) is 5.01. The Morgan fingerprint density at radius 3 is 1.43 bits per heavy atom. The van der Waals surface area contributed by atoms with Crippen molar-refractivity contribution in [3.63, 3.8) is 0 Å². The SMILES string of the molecule is CC(C)(C)c1cc(-c2cccc(-c3cc(C(C)(C)C)cc(C(C)(C)C)c3)c2-c2nn(-c3[c-]c(Oc4[c-]c5c(cc4)c4ccccc4n5-c4cc(C(C)(C)c5ccccc5)ccn4)ccc3)[c-][n+]2-c2cc(C(C)(C)C)cc(C(C)(C)C)c2)cc(C(C)(C)C)c1.[Pt]. The van der Waals surface area contributed by atoms with E-state index in [0.29, 0.717) is 17.2 Å². The number of para-hydroxylation sites is 1. The summed E-state index contributed by atoms with van der Waals surface area (Å²) in [5.41, 5.74) is 18.0. The first-order chi connectivity index (χ1) is 41.1. The molecule has 11 rings (SSSR count). The van der Waals surface area contributed by atoms with Gasteiger partial charge in [-0.1, -0.05) is 265 Å². The second kappa shape index (κ2) is 23.3. The summed E-state index contributed by atoms with van der Waals surface area (Å²) >= 11 is 0. The summed E-state index contributed by atoms with van der Waals surface area (Å²) in [7, 11) is 0. The molecule has 6 nitrogen and oxygen atoms in total. The molecular formula is C82H89N5OPt-2. The average Bonchev–Trinajstić information content (AvgIpc) is 1.81. The Balaban J connectivity index is 0.00000873. The van der Waals surface area contributed by atoms with Gasteiger partial charge >= 0.3 is 0 Å². The standard InChI is InChI=1S/C82H89N5O.Pt/c1-76(2,3)57-40-53(41-58(44-57)77(4,5)6)67-33-27-34-68(54-42-59(78(7,8)9)45-60(43-54)79(10,11)12)74(67)75-84-86(52-85(75)64-47-61(80(13,14)15)46-62(48-64)81(16,17)18)63-30-26-31-65(50-63)88-66-36-37-70-69-32-24-25-35-71(69)87(72(70)51-66)73-49-56(38-39-83-73)82(19,20)55-28-22-21-23-29-55;/h21-49H,1-20H3;/q-2;. The maximum Gasteiger partial charge on any atom is 0.233 e. The summed E-state index contributed by atoms with van der Waals surface area (Å²) in [6, 6.07) is 69.4. The van der Waals surface area contributed by atoms with Crippen LogP contribution in [0.5, 0.6) is 11.5 Å². The molecule has 0 atom stereocenters. The Morgan fingerprint density at radius 2 is 0.899 bits per heavy atom. The van der Waals surface area contributed by atoms with E-state index in [0.717, 1.165) is 67.0 Å². The summed E-state index contributed by atoms with van der Waals surface area (Å²) in [5, 5.41) is 7.96. The number of hydrogen-bond acceptors (Lipinski definition) is 3. The topological polar surface area (TPSA) is 48.8 Å². The van der Waals surface area contributed by atoms with Crippen molar-refractivity contribution in [2.75, 3.05) is 0 Å². The normalized spacial score (nSPS) is 12.9. The molecule has 89 heavy (non-hydrogen) atoms. The van der Waals surface area contributed by atoms with Crippen molar-refractivity contribution < 1.29 is 30.4 Å². The molecular weight excluding hydrogens is 1270 g/mol. The van der Waals surface area contributed by atoms with Crippen molar-refractivity contribution in [3.05, 3.63) is 239 Å². The van der Waals surface area contributed by atoms with Crippen molar-refractivity contribution in [1.29, 1.82) is 0 Å². The van der Waals surface area contributed by atoms with Crippen LogP contribution in [0.25, 0.3) is 72.6 Å². The van der Waals surface area contributed by atoms with Crippen molar-refractivity contribution in [3.8, 4) is 62.3 Å². The fourth-order valence-corrected chi connectivity index (χ4v) is 11.8. The van der Waals surface area contributed by atoms with Crippen molar-refractivity contribution in [2.45, 2.75) is 176 Å². The Labute approximate surface area is 545 Å².